The molecule has 0 atom stereocenters. The number of hydrogen-bond donors (Lipinski definition) is 0. The predicted octanol–water partition coefficient (Wildman–Crippen LogP) is 2.83. The van der Waals surface area contributed by atoms with E-state index < -0.39 is 0 Å². The third-order valence-corrected chi connectivity index (χ3v) is 3.66. The molecule has 5 heteroatoms. The van der Waals surface area contributed by atoms with Crippen LogP contribution in [0.2, 0.25) is 0 Å². The van der Waals surface area contributed by atoms with Gasteiger partial charge in [0.25, 0.3) is 5.91 Å². The molecular weight excluding hydrogens is 302 g/mol. The second-order valence-electron chi connectivity index (χ2n) is 5.51. The number of carbonyl (C=O) groups excluding carboxylic acids is 1. The molecular formula is C19H17N3O2. The van der Waals surface area contributed by atoms with Gasteiger partial charge in [-0.05, 0) is 24.6 Å². The lowest BCUT2D eigenvalue weighted by Gasteiger charge is -2.20. The van der Waals surface area contributed by atoms with Gasteiger partial charge in [-0.25, -0.2) is 4.68 Å². The van der Waals surface area contributed by atoms with Crippen molar-refractivity contribution in [1.82, 2.24) is 4.68 Å². The van der Waals surface area contributed by atoms with Gasteiger partial charge in [0.05, 0.1) is 11.7 Å². The van der Waals surface area contributed by atoms with Crippen molar-refractivity contribution in [3.63, 3.8) is 0 Å². The fraction of sp³-hybridized carbons (Fsp3) is 0.105. The highest BCUT2D eigenvalue weighted by Crippen LogP contribution is 2.11. The molecule has 0 fully saturated rings. The highest BCUT2D eigenvalue weighted by Gasteiger charge is 2.12. The van der Waals surface area contributed by atoms with Crippen LogP contribution in [0.4, 0.5) is 0 Å². The van der Waals surface area contributed by atoms with Crippen molar-refractivity contribution < 1.29 is 4.79 Å². The van der Waals surface area contributed by atoms with E-state index in [9.17, 15) is 9.59 Å². The van der Waals surface area contributed by atoms with Crippen LogP contribution in [0.1, 0.15) is 18.1 Å². The lowest BCUT2D eigenvalue weighted by atomic mass is 10.2. The van der Waals surface area contributed by atoms with Gasteiger partial charge in [-0.1, -0.05) is 42.0 Å². The average Bonchev–Trinajstić information content (AvgIpc) is 2.58. The molecule has 0 radical (unpaired) electrons. The third kappa shape index (κ3) is 3.10. The van der Waals surface area contributed by atoms with Crippen molar-refractivity contribution in [2.45, 2.75) is 13.8 Å². The van der Waals surface area contributed by atoms with Crippen LogP contribution < -0.4 is 10.5 Å². The maximum Gasteiger partial charge on any atom is 0.259 e. The first-order valence-electron chi connectivity index (χ1n) is 7.58. The Bertz CT molecular complexity index is 972. The molecule has 1 aromatic heterocycles. The first-order valence-corrected chi connectivity index (χ1v) is 7.58. The molecule has 3 aromatic rings. The summed E-state index contributed by atoms with van der Waals surface area (Å²) in [7, 11) is 0. The Kier molecular flexibility index (Phi) is 4.24. The summed E-state index contributed by atoms with van der Waals surface area (Å²) in [4.78, 5) is 24.0. The molecule has 2 aromatic carbocycles. The van der Waals surface area contributed by atoms with Gasteiger partial charge in [0.15, 0.2) is 5.43 Å². The number of carbonyl (C=O) groups is 1. The molecule has 0 N–H and O–H groups in total. The molecule has 1 heterocycles. The third-order valence-electron chi connectivity index (χ3n) is 3.66. The van der Waals surface area contributed by atoms with E-state index in [1.54, 1.807) is 35.3 Å². The largest absolute Gasteiger partial charge is 0.289 e. The van der Waals surface area contributed by atoms with Gasteiger partial charge in [-0.2, -0.15) is 5.10 Å². The summed E-state index contributed by atoms with van der Waals surface area (Å²) in [5.41, 5.74) is 2.58. The van der Waals surface area contributed by atoms with Gasteiger partial charge in [0.2, 0.25) is 0 Å². The van der Waals surface area contributed by atoms with Crippen molar-refractivity contribution >= 4 is 23.0 Å². The fourth-order valence-corrected chi connectivity index (χ4v) is 2.42. The van der Waals surface area contributed by atoms with Crippen molar-refractivity contribution in [2.24, 2.45) is 5.10 Å². The fourth-order valence-electron chi connectivity index (χ4n) is 2.42. The number of hydrazone groups is 1. The predicted molar refractivity (Wildman–Crippen MR) is 95.9 cm³/mol. The first kappa shape index (κ1) is 15.7. The zero-order valence-corrected chi connectivity index (χ0v) is 13.5. The molecule has 0 bridgehead atoms. The number of para-hydroxylation sites is 1. The summed E-state index contributed by atoms with van der Waals surface area (Å²) in [5.74, 6) is -0.257. The topological polar surface area (TPSA) is 54.7 Å². The number of rotatable bonds is 3. The number of aryl methyl sites for hydroxylation is 1. The van der Waals surface area contributed by atoms with Crippen LogP contribution >= 0.6 is 0 Å². The summed E-state index contributed by atoms with van der Waals surface area (Å²) in [6.07, 6.45) is 3.17. The summed E-state index contributed by atoms with van der Waals surface area (Å²) in [6, 6.07) is 16.4. The summed E-state index contributed by atoms with van der Waals surface area (Å²) in [6.45, 7) is 3.44. The van der Waals surface area contributed by atoms with E-state index in [0.29, 0.717) is 10.9 Å². The Labute approximate surface area is 139 Å². The van der Waals surface area contributed by atoms with Crippen LogP contribution in [-0.4, -0.2) is 16.8 Å². The minimum absolute atomic E-state index is 0.0899. The van der Waals surface area contributed by atoms with E-state index in [0.717, 1.165) is 11.1 Å². The molecule has 0 unspecified atom stereocenters. The van der Waals surface area contributed by atoms with Crippen LogP contribution in [0.15, 0.2) is 70.7 Å². The van der Waals surface area contributed by atoms with E-state index in [-0.39, 0.29) is 11.3 Å². The number of hydrogen-bond acceptors (Lipinski definition) is 3. The van der Waals surface area contributed by atoms with Gasteiger partial charge >= 0.3 is 0 Å². The van der Waals surface area contributed by atoms with Crippen molar-refractivity contribution in [3.8, 4) is 0 Å². The molecule has 5 nitrogen and oxygen atoms in total. The molecule has 0 saturated carbocycles. The van der Waals surface area contributed by atoms with E-state index >= 15 is 0 Å². The lowest BCUT2D eigenvalue weighted by molar-refractivity contribution is -0.118. The van der Waals surface area contributed by atoms with Crippen LogP contribution in [0, 0.1) is 6.92 Å². The van der Waals surface area contributed by atoms with Gasteiger partial charge in [0, 0.05) is 24.6 Å². The number of pyridine rings is 1. The minimum atomic E-state index is -0.257. The summed E-state index contributed by atoms with van der Waals surface area (Å²) in [5, 5.41) is 6.07. The Morgan fingerprint density at radius 3 is 2.50 bits per heavy atom. The molecule has 0 aliphatic carbocycles. The number of amides is 1. The number of fused-ring (bicyclic) bond motifs is 1. The molecule has 1 amide bonds. The van der Waals surface area contributed by atoms with Crippen LogP contribution in [0.5, 0.6) is 0 Å². The van der Waals surface area contributed by atoms with E-state index in [4.69, 9.17) is 0 Å². The lowest BCUT2D eigenvalue weighted by Crippen LogP contribution is -2.34. The zero-order chi connectivity index (χ0) is 17.1. The van der Waals surface area contributed by atoms with E-state index in [1.165, 1.54) is 18.1 Å². The molecule has 0 spiro atoms. The quantitative estimate of drug-likeness (QED) is 0.550. The van der Waals surface area contributed by atoms with Crippen molar-refractivity contribution in [1.29, 1.82) is 0 Å². The van der Waals surface area contributed by atoms with E-state index in [2.05, 4.69) is 5.10 Å². The maximum atomic E-state index is 12.1. The molecule has 3 rings (SSSR count). The number of aromatic nitrogens is 1. The van der Waals surface area contributed by atoms with Gasteiger partial charge in [-0.3, -0.25) is 9.59 Å². The standard InChI is InChI=1S/C19H17N3O2/c1-14-7-9-16(10-8-14)13-20-22(15(2)23)21-12-11-19(24)17-5-3-4-6-18(17)21/h3-13H,1-2H3. The van der Waals surface area contributed by atoms with Crippen LogP contribution in [-0.2, 0) is 4.79 Å². The Morgan fingerprint density at radius 1 is 1.08 bits per heavy atom. The Balaban J connectivity index is 2.06. The maximum absolute atomic E-state index is 12.1. The second kappa shape index (κ2) is 6.50. The van der Waals surface area contributed by atoms with Gasteiger partial charge in [0.1, 0.15) is 0 Å². The highest BCUT2D eigenvalue weighted by molar-refractivity contribution is 5.89. The van der Waals surface area contributed by atoms with Crippen LogP contribution in [0.25, 0.3) is 10.9 Å². The normalized spacial score (nSPS) is 11.1. The van der Waals surface area contributed by atoms with Crippen LogP contribution in [0.3, 0.4) is 0 Å². The molecule has 24 heavy (non-hydrogen) atoms. The number of benzene rings is 2. The minimum Gasteiger partial charge on any atom is -0.289 e. The summed E-state index contributed by atoms with van der Waals surface area (Å²) < 4.78 is 1.57. The highest BCUT2D eigenvalue weighted by atomic mass is 16.2. The number of nitrogens with zero attached hydrogens (tertiary/aromatic N) is 3. The summed E-state index contributed by atoms with van der Waals surface area (Å²) >= 11 is 0. The van der Waals surface area contributed by atoms with E-state index in [1.807, 2.05) is 37.3 Å². The first-order chi connectivity index (χ1) is 11.6. The smallest absolute Gasteiger partial charge is 0.259 e. The van der Waals surface area contributed by atoms with Gasteiger partial charge in [-0.15, -0.1) is 5.12 Å². The zero-order valence-electron chi connectivity index (χ0n) is 13.5. The molecule has 0 saturated heterocycles. The van der Waals surface area contributed by atoms with Crippen molar-refractivity contribution in [2.75, 3.05) is 5.12 Å². The SMILES string of the molecule is CC(=O)N(N=Cc1ccc(C)cc1)n1ccc(=O)c2ccccc21. The Morgan fingerprint density at radius 2 is 1.79 bits per heavy atom. The second-order valence-corrected chi connectivity index (χ2v) is 5.51. The van der Waals surface area contributed by atoms with Crippen molar-refractivity contribution in [3.05, 3.63) is 82.1 Å². The molecule has 0 aliphatic heterocycles. The van der Waals surface area contributed by atoms with Gasteiger partial charge < -0.3 is 0 Å². The molecule has 0 aliphatic rings. The average molecular weight is 319 g/mol. The Hall–Kier alpha value is -3.21. The monoisotopic (exact) mass is 319 g/mol. The molecule has 120 valence electrons.